The highest BCUT2D eigenvalue weighted by atomic mass is 32.3. The lowest BCUT2D eigenvalue weighted by atomic mass is 9.87. The summed E-state index contributed by atoms with van der Waals surface area (Å²) in [6.07, 6.45) is 3.40. The predicted octanol–water partition coefficient (Wildman–Crippen LogP) is 5.68. The zero-order chi connectivity index (χ0) is 27.4. The molecule has 0 saturated heterocycles. The number of nitrogens with one attached hydrogen (secondary N) is 2. The van der Waals surface area contributed by atoms with Crippen molar-refractivity contribution >= 4 is 22.5 Å². The molecule has 3 rings (SSSR count). The average molecular weight is 533 g/mol. The fourth-order valence-corrected chi connectivity index (χ4v) is 6.96. The van der Waals surface area contributed by atoms with Gasteiger partial charge in [0.15, 0.2) is 0 Å². The molecular weight excluding hydrogens is 492 g/mol. The van der Waals surface area contributed by atoms with Gasteiger partial charge in [0.05, 0.1) is 34.8 Å². The van der Waals surface area contributed by atoms with Crippen LogP contribution in [-0.4, -0.2) is 51.0 Å². The van der Waals surface area contributed by atoms with Crippen LogP contribution in [0.15, 0.2) is 47.4 Å². The van der Waals surface area contributed by atoms with Crippen LogP contribution in [0.5, 0.6) is 5.75 Å². The van der Waals surface area contributed by atoms with Crippen LogP contribution in [0.25, 0.3) is 0 Å². The molecule has 9 heteroatoms. The van der Waals surface area contributed by atoms with Crippen molar-refractivity contribution in [2.75, 3.05) is 19.4 Å². The molecule has 0 aliphatic carbocycles. The number of rotatable bonds is 10. The summed E-state index contributed by atoms with van der Waals surface area (Å²) in [5.74, 6) is -1.16. The van der Waals surface area contributed by atoms with Crippen LogP contribution in [0.2, 0.25) is 0 Å². The minimum atomic E-state index is -3.30. The summed E-state index contributed by atoms with van der Waals surface area (Å²) in [7, 11) is -1.84. The standard InChI is InChI=1S/C28H40N2O6S/c1-6-8-14-28(7-2)18-37(34,35)23-16-20(25(31)29-17-27(3,4)26(32)33)22(36-5)15-21(23)24(30-28)19-12-10-9-11-13-19/h9-13,15-16,24,30,34-35H,6-8,14,17-18H2,1-5H3,(H,29,31)(H,32,33)/t24-,28-/m1/s1. The second-order valence-corrected chi connectivity index (χ2v) is 12.6. The number of hydrogen-bond donors (Lipinski definition) is 5. The molecule has 1 aliphatic rings. The van der Waals surface area contributed by atoms with Crippen molar-refractivity contribution in [1.29, 1.82) is 0 Å². The van der Waals surface area contributed by atoms with Gasteiger partial charge < -0.3 is 15.2 Å². The highest BCUT2D eigenvalue weighted by Gasteiger charge is 2.42. The molecule has 2 aromatic carbocycles. The summed E-state index contributed by atoms with van der Waals surface area (Å²) in [6, 6.07) is 12.7. The number of carboxylic acids is 1. The van der Waals surface area contributed by atoms with Crippen LogP contribution in [0.3, 0.4) is 0 Å². The van der Waals surface area contributed by atoms with E-state index in [4.69, 9.17) is 4.74 Å². The first-order valence-electron chi connectivity index (χ1n) is 12.7. The summed E-state index contributed by atoms with van der Waals surface area (Å²) in [5.41, 5.74) is 0.0665. The van der Waals surface area contributed by atoms with Crippen LogP contribution in [0.4, 0.5) is 0 Å². The first-order valence-corrected chi connectivity index (χ1v) is 14.4. The van der Waals surface area contributed by atoms with E-state index in [1.165, 1.54) is 27.0 Å². The van der Waals surface area contributed by atoms with Crippen molar-refractivity contribution in [2.45, 2.75) is 69.9 Å². The molecule has 0 aromatic heterocycles. The Morgan fingerprint density at radius 1 is 1.19 bits per heavy atom. The van der Waals surface area contributed by atoms with Gasteiger partial charge in [-0.05, 0) is 44.4 Å². The van der Waals surface area contributed by atoms with Crippen molar-refractivity contribution in [2.24, 2.45) is 5.41 Å². The Kier molecular flexibility index (Phi) is 8.95. The van der Waals surface area contributed by atoms with Crippen molar-refractivity contribution in [1.82, 2.24) is 10.6 Å². The second-order valence-electron chi connectivity index (χ2n) is 10.5. The highest BCUT2D eigenvalue weighted by Crippen LogP contribution is 2.58. The molecule has 2 aromatic rings. The Morgan fingerprint density at radius 2 is 1.86 bits per heavy atom. The van der Waals surface area contributed by atoms with E-state index in [9.17, 15) is 23.8 Å². The van der Waals surface area contributed by atoms with E-state index in [2.05, 4.69) is 24.5 Å². The summed E-state index contributed by atoms with van der Waals surface area (Å²) in [5, 5.41) is 15.9. The molecule has 1 amide bonds. The molecule has 1 heterocycles. The molecule has 5 N–H and O–H groups in total. The van der Waals surface area contributed by atoms with Gasteiger partial charge in [-0.1, -0.05) is 57.0 Å². The Hall–Kier alpha value is -2.59. The van der Waals surface area contributed by atoms with Crippen molar-refractivity contribution < 1.29 is 28.5 Å². The van der Waals surface area contributed by atoms with Gasteiger partial charge in [-0.2, -0.15) is 10.6 Å². The number of carbonyl (C=O) groups excluding carboxylic acids is 1. The predicted molar refractivity (Wildman–Crippen MR) is 147 cm³/mol. The van der Waals surface area contributed by atoms with Gasteiger partial charge in [-0.3, -0.25) is 24.0 Å². The van der Waals surface area contributed by atoms with E-state index < -0.39 is 33.4 Å². The summed E-state index contributed by atoms with van der Waals surface area (Å²) < 4.78 is 28.8. The number of benzene rings is 2. The van der Waals surface area contributed by atoms with Gasteiger partial charge in [-0.15, -0.1) is 0 Å². The van der Waals surface area contributed by atoms with Crippen LogP contribution in [0.1, 0.15) is 80.9 Å². The van der Waals surface area contributed by atoms with Gasteiger partial charge in [0, 0.05) is 17.6 Å². The fourth-order valence-electron chi connectivity index (χ4n) is 4.74. The number of ether oxygens (including phenoxy) is 1. The van der Waals surface area contributed by atoms with E-state index in [1.807, 2.05) is 30.3 Å². The van der Waals surface area contributed by atoms with Crippen molar-refractivity contribution in [3.8, 4) is 5.75 Å². The van der Waals surface area contributed by atoms with Crippen LogP contribution >= 0.6 is 10.6 Å². The number of unbranched alkanes of at least 4 members (excludes halogenated alkanes) is 1. The quantitative estimate of drug-likeness (QED) is 0.266. The minimum absolute atomic E-state index is 0.0954. The van der Waals surface area contributed by atoms with E-state index in [0.29, 0.717) is 16.9 Å². The Morgan fingerprint density at radius 3 is 2.43 bits per heavy atom. The van der Waals surface area contributed by atoms with E-state index >= 15 is 0 Å². The van der Waals surface area contributed by atoms with E-state index in [1.54, 1.807) is 6.07 Å². The molecule has 8 nitrogen and oxygen atoms in total. The number of hydrogen-bond acceptors (Lipinski definition) is 6. The first kappa shape index (κ1) is 29.0. The molecule has 2 atom stereocenters. The lowest BCUT2D eigenvalue weighted by Gasteiger charge is -2.42. The van der Waals surface area contributed by atoms with Gasteiger partial charge in [0.2, 0.25) is 0 Å². The maximum Gasteiger partial charge on any atom is 0.310 e. The largest absolute Gasteiger partial charge is 0.496 e. The van der Waals surface area contributed by atoms with Gasteiger partial charge in [0.1, 0.15) is 5.75 Å². The Bertz CT molecular complexity index is 1120. The van der Waals surface area contributed by atoms with Crippen LogP contribution in [0, 0.1) is 5.41 Å². The second kappa shape index (κ2) is 11.4. The third-order valence-electron chi connectivity index (χ3n) is 7.26. The third-order valence-corrected chi connectivity index (χ3v) is 9.27. The molecule has 1 aliphatic heterocycles. The smallest absolute Gasteiger partial charge is 0.310 e. The summed E-state index contributed by atoms with van der Waals surface area (Å²) in [4.78, 5) is 25.0. The Balaban J connectivity index is 2.16. The number of aliphatic carboxylic acids is 1. The molecule has 0 bridgehead atoms. The maximum absolute atomic E-state index is 13.2. The molecular formula is C28H40N2O6S. The summed E-state index contributed by atoms with van der Waals surface area (Å²) in [6.45, 7) is 7.12. The maximum atomic E-state index is 13.2. The molecule has 0 unspecified atom stereocenters. The third kappa shape index (κ3) is 6.29. The molecule has 0 fully saturated rings. The van der Waals surface area contributed by atoms with Gasteiger partial charge in [0.25, 0.3) is 5.91 Å². The topological polar surface area (TPSA) is 128 Å². The molecule has 204 valence electrons. The number of carboxylic acid groups (broad SMARTS) is 1. The average Bonchev–Trinajstić information content (AvgIpc) is 2.97. The zero-order valence-electron chi connectivity index (χ0n) is 22.3. The molecule has 0 spiro atoms. The first-order chi connectivity index (χ1) is 17.4. The van der Waals surface area contributed by atoms with Crippen LogP contribution in [-0.2, 0) is 4.79 Å². The number of carbonyl (C=O) groups is 2. The van der Waals surface area contributed by atoms with Gasteiger partial charge >= 0.3 is 5.97 Å². The highest BCUT2D eigenvalue weighted by molar-refractivity contribution is 8.24. The SMILES string of the molecule is CCCC[C@]1(CC)CS(O)(O)c2cc(C(=O)NCC(C)(C)C(=O)O)c(OC)cc2[C@@H](c2ccccc2)N1. The minimum Gasteiger partial charge on any atom is -0.496 e. The van der Waals surface area contributed by atoms with Crippen molar-refractivity contribution in [3.05, 3.63) is 59.2 Å². The summed E-state index contributed by atoms with van der Waals surface area (Å²) >= 11 is 0. The van der Waals surface area contributed by atoms with E-state index in [0.717, 1.165) is 24.8 Å². The molecule has 0 radical (unpaired) electrons. The fraction of sp³-hybridized carbons (Fsp3) is 0.500. The normalized spacial score (nSPS) is 21.9. The number of amides is 1. The molecule has 0 saturated carbocycles. The van der Waals surface area contributed by atoms with Crippen LogP contribution < -0.4 is 15.4 Å². The number of methoxy groups -OCH3 is 1. The van der Waals surface area contributed by atoms with Gasteiger partial charge in [-0.25, -0.2) is 0 Å². The zero-order valence-corrected chi connectivity index (χ0v) is 23.2. The number of fused-ring (bicyclic) bond motifs is 1. The van der Waals surface area contributed by atoms with E-state index in [-0.39, 0.29) is 29.7 Å². The lowest BCUT2D eigenvalue weighted by molar-refractivity contribution is -0.146. The molecule has 37 heavy (non-hydrogen) atoms. The Labute approximate surface area is 221 Å². The lowest BCUT2D eigenvalue weighted by Crippen LogP contribution is -2.49. The van der Waals surface area contributed by atoms with Crippen molar-refractivity contribution in [3.63, 3.8) is 0 Å². The monoisotopic (exact) mass is 532 g/mol.